The first-order valence-electron chi connectivity index (χ1n) is 6.45. The topological polar surface area (TPSA) is 58.4 Å². The molecule has 0 bridgehead atoms. The van der Waals surface area contributed by atoms with Crippen molar-refractivity contribution in [2.75, 3.05) is 19.6 Å². The van der Waals surface area contributed by atoms with E-state index >= 15 is 0 Å². The molecule has 0 spiro atoms. The predicted molar refractivity (Wildman–Crippen MR) is 66.2 cm³/mol. The molecule has 16 heavy (non-hydrogen) atoms. The van der Waals surface area contributed by atoms with Crippen LogP contribution in [0.2, 0.25) is 0 Å². The number of nitrogens with one attached hydrogen (secondary N) is 1. The molecule has 3 N–H and O–H groups in total. The number of hydrogen-bond acceptors (Lipinski definition) is 3. The van der Waals surface area contributed by atoms with Crippen LogP contribution in [0.15, 0.2) is 0 Å². The Balaban J connectivity index is 2.25. The van der Waals surface area contributed by atoms with Gasteiger partial charge in [0.1, 0.15) is 0 Å². The highest BCUT2D eigenvalue weighted by Crippen LogP contribution is 2.10. The van der Waals surface area contributed by atoms with Gasteiger partial charge in [-0.25, -0.2) is 0 Å². The van der Waals surface area contributed by atoms with Gasteiger partial charge in [-0.05, 0) is 25.8 Å². The zero-order chi connectivity index (χ0) is 12.0. The summed E-state index contributed by atoms with van der Waals surface area (Å²) in [5.74, 6) is 0.0248. The maximum Gasteiger partial charge on any atom is 0.237 e. The van der Waals surface area contributed by atoms with Crippen LogP contribution in [0.1, 0.15) is 39.5 Å². The Morgan fingerprint density at radius 2 is 2.06 bits per heavy atom. The summed E-state index contributed by atoms with van der Waals surface area (Å²) in [5.41, 5.74) is 5.78. The Bertz CT molecular complexity index is 212. The largest absolute Gasteiger partial charge is 0.352 e. The molecule has 1 heterocycles. The molecule has 1 aliphatic rings. The van der Waals surface area contributed by atoms with Crippen LogP contribution in [0.5, 0.6) is 0 Å². The molecule has 94 valence electrons. The molecule has 1 amide bonds. The van der Waals surface area contributed by atoms with Gasteiger partial charge in [-0.3, -0.25) is 4.79 Å². The lowest BCUT2D eigenvalue weighted by molar-refractivity contribution is -0.123. The van der Waals surface area contributed by atoms with Gasteiger partial charge in [-0.15, -0.1) is 0 Å². The number of piperidine rings is 1. The van der Waals surface area contributed by atoms with Crippen molar-refractivity contribution in [3.8, 4) is 0 Å². The van der Waals surface area contributed by atoms with Crippen molar-refractivity contribution >= 4 is 5.91 Å². The fourth-order valence-electron chi connectivity index (χ4n) is 2.14. The Hall–Kier alpha value is -0.610. The molecule has 1 aliphatic heterocycles. The first-order valence-corrected chi connectivity index (χ1v) is 6.45. The molecule has 0 aromatic carbocycles. The van der Waals surface area contributed by atoms with Gasteiger partial charge in [0.15, 0.2) is 0 Å². The highest BCUT2D eigenvalue weighted by atomic mass is 16.2. The summed E-state index contributed by atoms with van der Waals surface area (Å²) >= 11 is 0. The minimum absolute atomic E-state index is 0.0248. The van der Waals surface area contributed by atoms with Crippen LogP contribution in [0, 0.1) is 0 Å². The molecule has 0 aliphatic carbocycles. The molecule has 1 fully saturated rings. The van der Waals surface area contributed by atoms with Gasteiger partial charge in [0.25, 0.3) is 0 Å². The lowest BCUT2D eigenvalue weighted by atomic mass is 10.0. The van der Waals surface area contributed by atoms with Crippen molar-refractivity contribution in [1.82, 2.24) is 10.2 Å². The number of amides is 1. The van der Waals surface area contributed by atoms with E-state index in [9.17, 15) is 4.79 Å². The van der Waals surface area contributed by atoms with E-state index in [1.54, 1.807) is 0 Å². The quantitative estimate of drug-likeness (QED) is 0.727. The molecule has 0 aromatic heterocycles. The average Bonchev–Trinajstić information content (AvgIpc) is 2.30. The number of rotatable bonds is 5. The van der Waals surface area contributed by atoms with E-state index in [1.807, 2.05) is 6.92 Å². The Morgan fingerprint density at radius 3 is 2.56 bits per heavy atom. The number of carbonyl (C=O) groups is 1. The number of hydrogen-bond donors (Lipinski definition) is 2. The molecular formula is C12H25N3O. The molecule has 1 atom stereocenters. The predicted octanol–water partition coefficient (Wildman–Crippen LogP) is 0.714. The third-order valence-corrected chi connectivity index (χ3v) is 3.32. The highest BCUT2D eigenvalue weighted by Gasteiger charge is 2.21. The first-order chi connectivity index (χ1) is 7.67. The summed E-state index contributed by atoms with van der Waals surface area (Å²) in [7, 11) is 0. The lowest BCUT2D eigenvalue weighted by Crippen LogP contribution is -2.49. The molecule has 1 saturated heterocycles. The smallest absolute Gasteiger partial charge is 0.237 e. The fourth-order valence-corrected chi connectivity index (χ4v) is 2.14. The zero-order valence-corrected chi connectivity index (χ0v) is 10.5. The number of nitrogens with two attached hydrogens (primary N) is 1. The van der Waals surface area contributed by atoms with Gasteiger partial charge in [-0.1, -0.05) is 20.3 Å². The van der Waals surface area contributed by atoms with E-state index < -0.39 is 0 Å². The fraction of sp³-hybridized carbons (Fsp3) is 0.917. The number of carbonyl (C=O) groups excluding carboxylic acids is 1. The third kappa shape index (κ3) is 4.10. The maximum absolute atomic E-state index is 11.7. The van der Waals surface area contributed by atoms with Crippen molar-refractivity contribution in [2.24, 2.45) is 5.73 Å². The molecule has 0 radical (unpaired) electrons. The van der Waals surface area contributed by atoms with Crippen LogP contribution in [0.25, 0.3) is 0 Å². The van der Waals surface area contributed by atoms with Crippen LogP contribution in [0.4, 0.5) is 0 Å². The first kappa shape index (κ1) is 13.5. The zero-order valence-electron chi connectivity index (χ0n) is 10.5. The average molecular weight is 227 g/mol. The second-order valence-electron chi connectivity index (χ2n) is 4.61. The van der Waals surface area contributed by atoms with Crippen LogP contribution in [-0.2, 0) is 4.79 Å². The van der Waals surface area contributed by atoms with E-state index in [2.05, 4.69) is 17.1 Å². The van der Waals surface area contributed by atoms with E-state index in [1.165, 1.54) is 0 Å². The molecule has 0 aromatic rings. The summed E-state index contributed by atoms with van der Waals surface area (Å²) in [6.07, 6.45) is 3.85. The van der Waals surface area contributed by atoms with E-state index in [4.69, 9.17) is 5.73 Å². The van der Waals surface area contributed by atoms with Gasteiger partial charge < -0.3 is 16.0 Å². The van der Waals surface area contributed by atoms with Gasteiger partial charge in [-0.2, -0.15) is 0 Å². The van der Waals surface area contributed by atoms with Gasteiger partial charge in [0.05, 0.1) is 6.04 Å². The summed E-state index contributed by atoms with van der Waals surface area (Å²) < 4.78 is 0. The Morgan fingerprint density at radius 1 is 1.44 bits per heavy atom. The van der Waals surface area contributed by atoms with Gasteiger partial charge in [0.2, 0.25) is 5.91 Å². The third-order valence-electron chi connectivity index (χ3n) is 3.32. The maximum atomic E-state index is 11.7. The van der Waals surface area contributed by atoms with Gasteiger partial charge in [0, 0.05) is 19.1 Å². The molecule has 4 nitrogen and oxygen atoms in total. The lowest BCUT2D eigenvalue weighted by Gasteiger charge is -2.31. The molecular weight excluding hydrogens is 202 g/mol. The normalized spacial score (nSPS) is 20.7. The van der Waals surface area contributed by atoms with Crippen LogP contribution >= 0.6 is 0 Å². The van der Waals surface area contributed by atoms with Gasteiger partial charge >= 0.3 is 0 Å². The van der Waals surface area contributed by atoms with E-state index in [0.29, 0.717) is 6.04 Å². The second kappa shape index (κ2) is 6.86. The SMILES string of the molecule is CCC[C@H](N)C(=O)NC1CCN(CC)CC1. The number of nitrogens with zero attached hydrogens (tertiary/aromatic N) is 1. The molecule has 4 heteroatoms. The molecule has 1 rings (SSSR count). The van der Waals surface area contributed by atoms with Crippen molar-refractivity contribution in [2.45, 2.75) is 51.6 Å². The van der Waals surface area contributed by atoms with E-state index in [-0.39, 0.29) is 11.9 Å². The Labute approximate surface area is 98.6 Å². The monoisotopic (exact) mass is 227 g/mol. The summed E-state index contributed by atoms with van der Waals surface area (Å²) in [6.45, 7) is 7.51. The number of likely N-dealkylation sites (tertiary alicyclic amines) is 1. The summed E-state index contributed by atoms with van der Waals surface area (Å²) in [5, 5.41) is 3.06. The van der Waals surface area contributed by atoms with Crippen LogP contribution in [0.3, 0.4) is 0 Å². The van der Waals surface area contributed by atoms with Crippen molar-refractivity contribution in [3.63, 3.8) is 0 Å². The summed E-state index contributed by atoms with van der Waals surface area (Å²) in [4.78, 5) is 14.1. The highest BCUT2D eigenvalue weighted by molar-refractivity contribution is 5.81. The standard InChI is InChI=1S/C12H25N3O/c1-3-5-11(13)12(16)14-10-6-8-15(4-2)9-7-10/h10-11H,3-9,13H2,1-2H3,(H,14,16)/t11-/m0/s1. The minimum Gasteiger partial charge on any atom is -0.352 e. The molecule has 0 saturated carbocycles. The van der Waals surface area contributed by atoms with E-state index in [0.717, 1.165) is 45.3 Å². The minimum atomic E-state index is -0.325. The van der Waals surface area contributed by atoms with Crippen molar-refractivity contribution < 1.29 is 4.79 Å². The molecule has 0 unspecified atom stereocenters. The Kier molecular flexibility index (Phi) is 5.77. The van der Waals surface area contributed by atoms with Crippen LogP contribution < -0.4 is 11.1 Å². The van der Waals surface area contributed by atoms with Crippen molar-refractivity contribution in [1.29, 1.82) is 0 Å². The van der Waals surface area contributed by atoms with Crippen LogP contribution in [-0.4, -0.2) is 42.5 Å². The van der Waals surface area contributed by atoms with Crippen molar-refractivity contribution in [3.05, 3.63) is 0 Å². The summed E-state index contributed by atoms with van der Waals surface area (Å²) in [6, 6.07) is 0.00686. The second-order valence-corrected chi connectivity index (χ2v) is 4.61.